The van der Waals surface area contributed by atoms with E-state index in [1.165, 1.54) is 24.7 Å². The number of sulfone groups is 1. The first-order chi connectivity index (χ1) is 9.51. The van der Waals surface area contributed by atoms with Crippen molar-refractivity contribution < 1.29 is 8.42 Å². The highest BCUT2D eigenvalue weighted by Crippen LogP contribution is 2.52. The maximum atomic E-state index is 11.9. The Labute approximate surface area is 121 Å². The van der Waals surface area contributed by atoms with Crippen molar-refractivity contribution in [2.75, 3.05) is 19.3 Å². The Morgan fingerprint density at radius 1 is 1.15 bits per heavy atom. The van der Waals surface area contributed by atoms with Crippen molar-refractivity contribution in [2.45, 2.75) is 36.9 Å². The molecule has 1 N–H and O–H groups in total. The third-order valence-corrected chi connectivity index (χ3v) is 6.94. The molecule has 1 heterocycles. The molecule has 4 heteroatoms. The van der Waals surface area contributed by atoms with Crippen molar-refractivity contribution >= 4 is 9.84 Å². The van der Waals surface area contributed by atoms with Crippen LogP contribution < -0.4 is 5.32 Å². The molecular weight excluding hydrogens is 270 g/mol. The Hall–Kier alpha value is -0.870. The molecule has 0 spiro atoms. The minimum absolute atomic E-state index is 0.569. The van der Waals surface area contributed by atoms with Gasteiger partial charge in [-0.3, -0.25) is 0 Å². The fourth-order valence-electron chi connectivity index (χ4n) is 3.35. The monoisotopic (exact) mass is 293 g/mol. The molecule has 0 unspecified atom stereocenters. The third-order valence-electron chi connectivity index (χ3n) is 4.88. The second-order valence-electron chi connectivity index (χ2n) is 6.36. The Balaban J connectivity index is 1.72. The van der Waals surface area contributed by atoms with Crippen LogP contribution in [0.4, 0.5) is 0 Å². The summed E-state index contributed by atoms with van der Waals surface area (Å²) in [6.07, 6.45) is 6.53. The lowest BCUT2D eigenvalue weighted by Crippen LogP contribution is -2.28. The Morgan fingerprint density at radius 3 is 2.25 bits per heavy atom. The molecule has 0 radical (unpaired) electrons. The highest BCUT2D eigenvalue weighted by Gasteiger charge is 2.53. The van der Waals surface area contributed by atoms with E-state index in [9.17, 15) is 8.42 Å². The number of nitrogens with one attached hydrogen (secondary N) is 1. The fraction of sp³-hybridized carbons (Fsp3) is 0.625. The first kappa shape index (κ1) is 14.1. The fourth-order valence-corrected chi connectivity index (χ4v) is 4.76. The van der Waals surface area contributed by atoms with Crippen molar-refractivity contribution in [3.05, 3.63) is 35.4 Å². The van der Waals surface area contributed by atoms with Crippen molar-refractivity contribution in [2.24, 2.45) is 5.92 Å². The van der Waals surface area contributed by atoms with E-state index in [2.05, 4.69) is 17.4 Å². The van der Waals surface area contributed by atoms with Crippen molar-refractivity contribution in [1.82, 2.24) is 5.32 Å². The molecule has 20 heavy (non-hydrogen) atoms. The van der Waals surface area contributed by atoms with E-state index >= 15 is 0 Å². The van der Waals surface area contributed by atoms with Gasteiger partial charge < -0.3 is 5.32 Å². The average molecular weight is 293 g/mol. The molecule has 1 aliphatic carbocycles. The predicted molar refractivity (Wildman–Crippen MR) is 81.5 cm³/mol. The molecule has 0 amide bonds. The lowest BCUT2D eigenvalue weighted by Gasteiger charge is -2.22. The summed E-state index contributed by atoms with van der Waals surface area (Å²) in [5.41, 5.74) is 2.32. The zero-order valence-electron chi connectivity index (χ0n) is 12.1. The second-order valence-corrected chi connectivity index (χ2v) is 8.69. The van der Waals surface area contributed by atoms with Crippen LogP contribution in [0.3, 0.4) is 0 Å². The Bertz CT molecular complexity index is 567. The third kappa shape index (κ3) is 2.63. The van der Waals surface area contributed by atoms with Gasteiger partial charge in [0, 0.05) is 6.26 Å². The molecule has 1 saturated carbocycles. The quantitative estimate of drug-likeness (QED) is 0.926. The van der Waals surface area contributed by atoms with E-state index in [1.807, 2.05) is 12.1 Å². The summed E-state index contributed by atoms with van der Waals surface area (Å²) in [7, 11) is -2.99. The highest BCUT2D eigenvalue weighted by atomic mass is 32.2. The van der Waals surface area contributed by atoms with Crippen LogP contribution in [0.15, 0.2) is 24.3 Å². The van der Waals surface area contributed by atoms with Crippen LogP contribution in [0.5, 0.6) is 0 Å². The maximum Gasteiger partial charge on any atom is 0.157 e. The smallest absolute Gasteiger partial charge is 0.157 e. The minimum Gasteiger partial charge on any atom is -0.317 e. The van der Waals surface area contributed by atoms with Crippen LogP contribution in [-0.2, 0) is 21.0 Å². The molecule has 2 fully saturated rings. The van der Waals surface area contributed by atoms with Gasteiger partial charge >= 0.3 is 0 Å². The van der Waals surface area contributed by atoms with Crippen LogP contribution in [0.25, 0.3) is 0 Å². The number of hydrogen-bond donors (Lipinski definition) is 1. The SMILES string of the molecule is CS(=O)(=O)C1(c2ccc(CC3CCNCC3)cc2)CC1. The van der Waals surface area contributed by atoms with E-state index in [-0.39, 0.29) is 0 Å². The predicted octanol–water partition coefficient (Wildman–Crippen LogP) is 2.26. The van der Waals surface area contributed by atoms with Gasteiger partial charge in [0.15, 0.2) is 9.84 Å². The second kappa shape index (κ2) is 5.15. The van der Waals surface area contributed by atoms with E-state index in [0.29, 0.717) is 0 Å². The summed E-state index contributed by atoms with van der Waals surface area (Å²) in [4.78, 5) is 0. The van der Waals surface area contributed by atoms with E-state index < -0.39 is 14.6 Å². The van der Waals surface area contributed by atoms with Crippen molar-refractivity contribution in [1.29, 1.82) is 0 Å². The van der Waals surface area contributed by atoms with E-state index in [4.69, 9.17) is 0 Å². The summed E-state index contributed by atoms with van der Waals surface area (Å²) in [6.45, 7) is 2.25. The zero-order chi connectivity index (χ0) is 14.2. The molecule has 1 aliphatic heterocycles. The summed E-state index contributed by atoms with van der Waals surface area (Å²) >= 11 is 0. The lowest BCUT2D eigenvalue weighted by molar-refractivity contribution is 0.372. The molecule has 1 saturated heterocycles. The van der Waals surface area contributed by atoms with Gasteiger partial charge in [-0.05, 0) is 62.2 Å². The topological polar surface area (TPSA) is 46.2 Å². The van der Waals surface area contributed by atoms with Crippen molar-refractivity contribution in [3.8, 4) is 0 Å². The molecule has 0 aromatic heterocycles. The van der Waals surface area contributed by atoms with Crippen LogP contribution in [-0.4, -0.2) is 27.8 Å². The number of piperidine rings is 1. The molecule has 0 atom stereocenters. The van der Waals surface area contributed by atoms with Gasteiger partial charge in [0.1, 0.15) is 0 Å². The maximum absolute atomic E-state index is 11.9. The average Bonchev–Trinajstić information content (AvgIpc) is 3.22. The minimum atomic E-state index is -2.99. The summed E-state index contributed by atoms with van der Waals surface area (Å²) < 4.78 is 23.3. The molecule has 1 aromatic rings. The molecular formula is C16H23NO2S. The van der Waals surface area contributed by atoms with Gasteiger partial charge in [0.25, 0.3) is 0 Å². The molecule has 3 rings (SSSR count). The van der Waals surface area contributed by atoms with Crippen LogP contribution in [0, 0.1) is 5.92 Å². The van der Waals surface area contributed by atoms with Crippen LogP contribution in [0.2, 0.25) is 0 Å². The summed E-state index contributed by atoms with van der Waals surface area (Å²) in [5.74, 6) is 0.770. The first-order valence-corrected chi connectivity index (χ1v) is 9.40. The molecule has 0 bridgehead atoms. The van der Waals surface area contributed by atoms with Crippen LogP contribution in [0.1, 0.15) is 36.8 Å². The number of rotatable bonds is 4. The molecule has 110 valence electrons. The first-order valence-electron chi connectivity index (χ1n) is 7.51. The van der Waals surface area contributed by atoms with Gasteiger partial charge in [-0.25, -0.2) is 8.42 Å². The van der Waals surface area contributed by atoms with E-state index in [0.717, 1.165) is 43.8 Å². The normalized spacial score (nSPS) is 22.6. The summed E-state index contributed by atoms with van der Waals surface area (Å²) in [5, 5.41) is 3.39. The molecule has 2 aliphatic rings. The Kier molecular flexibility index (Phi) is 3.63. The number of benzene rings is 1. The Morgan fingerprint density at radius 2 is 1.75 bits per heavy atom. The zero-order valence-corrected chi connectivity index (χ0v) is 12.9. The molecule has 3 nitrogen and oxygen atoms in total. The van der Waals surface area contributed by atoms with Crippen molar-refractivity contribution in [3.63, 3.8) is 0 Å². The van der Waals surface area contributed by atoms with Gasteiger partial charge in [-0.2, -0.15) is 0 Å². The van der Waals surface area contributed by atoms with Gasteiger partial charge in [0.2, 0.25) is 0 Å². The lowest BCUT2D eigenvalue weighted by atomic mass is 9.90. The number of hydrogen-bond acceptors (Lipinski definition) is 3. The highest BCUT2D eigenvalue weighted by molar-refractivity contribution is 7.92. The van der Waals surface area contributed by atoms with E-state index in [1.54, 1.807) is 0 Å². The van der Waals surface area contributed by atoms with Gasteiger partial charge in [0.05, 0.1) is 4.75 Å². The standard InChI is InChI=1S/C16H23NO2S/c1-20(18,19)16(8-9-16)15-4-2-13(3-5-15)12-14-6-10-17-11-7-14/h2-5,14,17H,6-12H2,1H3. The summed E-state index contributed by atoms with van der Waals surface area (Å²) in [6, 6.07) is 8.32. The largest absolute Gasteiger partial charge is 0.317 e. The van der Waals surface area contributed by atoms with Crippen LogP contribution >= 0.6 is 0 Å². The molecule has 1 aromatic carbocycles. The van der Waals surface area contributed by atoms with Gasteiger partial charge in [-0.1, -0.05) is 24.3 Å². The van der Waals surface area contributed by atoms with Gasteiger partial charge in [-0.15, -0.1) is 0 Å².